The maximum atomic E-state index is 12.3. The summed E-state index contributed by atoms with van der Waals surface area (Å²) in [5, 5.41) is 8.33. The highest BCUT2D eigenvalue weighted by molar-refractivity contribution is 6.30. The van der Waals surface area contributed by atoms with Crippen LogP contribution in [0.1, 0.15) is 24.4 Å². The van der Waals surface area contributed by atoms with Crippen molar-refractivity contribution in [3.63, 3.8) is 0 Å². The van der Waals surface area contributed by atoms with Crippen LogP contribution in [0.3, 0.4) is 0 Å². The number of carbonyl (C=O) groups is 3. The second-order valence-corrected chi connectivity index (χ2v) is 6.38. The number of halogens is 1. The molecule has 0 saturated carbocycles. The summed E-state index contributed by atoms with van der Waals surface area (Å²) in [7, 11) is 0. The summed E-state index contributed by atoms with van der Waals surface area (Å²) in [5.41, 5.74) is 0.570. The first-order valence-electron chi connectivity index (χ1n) is 8.04. The number of nitrogens with one attached hydrogen (secondary N) is 3. The Morgan fingerprint density at radius 2 is 1.81 bits per heavy atom. The van der Waals surface area contributed by atoms with Gasteiger partial charge in [-0.1, -0.05) is 25.4 Å². The van der Waals surface area contributed by atoms with E-state index in [0.29, 0.717) is 10.7 Å². The van der Waals surface area contributed by atoms with Gasteiger partial charge in [-0.15, -0.1) is 0 Å². The number of hydrogen-bond acceptors (Lipinski definition) is 4. The molecule has 0 spiro atoms. The molecule has 26 heavy (non-hydrogen) atoms. The summed E-state index contributed by atoms with van der Waals surface area (Å²) >= 11 is 5.78. The van der Waals surface area contributed by atoms with Gasteiger partial charge in [0.1, 0.15) is 6.04 Å². The van der Waals surface area contributed by atoms with Gasteiger partial charge in [0.05, 0.1) is 12.8 Å². The molecule has 2 aromatic rings. The SMILES string of the molecule is CC(C)C(NC(=O)c1ccco1)C(=O)NCC(=O)Nc1ccc(Cl)cc1. The van der Waals surface area contributed by atoms with Crippen molar-refractivity contribution in [1.29, 1.82) is 0 Å². The van der Waals surface area contributed by atoms with Crippen LogP contribution in [-0.2, 0) is 9.59 Å². The fourth-order valence-corrected chi connectivity index (χ4v) is 2.30. The Morgan fingerprint density at radius 3 is 2.38 bits per heavy atom. The maximum Gasteiger partial charge on any atom is 0.287 e. The van der Waals surface area contributed by atoms with Gasteiger partial charge >= 0.3 is 0 Å². The lowest BCUT2D eigenvalue weighted by Crippen LogP contribution is -2.51. The Hall–Kier alpha value is -2.80. The predicted molar refractivity (Wildman–Crippen MR) is 97.9 cm³/mol. The number of benzene rings is 1. The van der Waals surface area contributed by atoms with Crippen LogP contribution in [0.4, 0.5) is 5.69 Å². The van der Waals surface area contributed by atoms with E-state index in [0.717, 1.165) is 0 Å². The summed E-state index contributed by atoms with van der Waals surface area (Å²) in [6, 6.07) is 8.90. The van der Waals surface area contributed by atoms with Gasteiger partial charge in [0, 0.05) is 10.7 Å². The first-order valence-corrected chi connectivity index (χ1v) is 8.42. The smallest absolute Gasteiger partial charge is 0.287 e. The molecule has 0 bridgehead atoms. The predicted octanol–water partition coefficient (Wildman–Crippen LogP) is 2.44. The maximum absolute atomic E-state index is 12.3. The lowest BCUT2D eigenvalue weighted by Gasteiger charge is -2.21. The van der Waals surface area contributed by atoms with Gasteiger partial charge in [0.15, 0.2) is 5.76 Å². The van der Waals surface area contributed by atoms with E-state index in [9.17, 15) is 14.4 Å². The molecule has 1 atom stereocenters. The molecule has 1 aromatic heterocycles. The first-order chi connectivity index (χ1) is 12.4. The lowest BCUT2D eigenvalue weighted by molar-refractivity contribution is -0.126. The van der Waals surface area contributed by atoms with E-state index in [-0.39, 0.29) is 24.1 Å². The standard InChI is InChI=1S/C18H20ClN3O4/c1-11(2)16(22-17(24)14-4-3-9-26-14)18(25)20-10-15(23)21-13-7-5-12(19)6-8-13/h3-9,11,16H,10H2,1-2H3,(H,20,25)(H,21,23)(H,22,24). The Kier molecular flexibility index (Phi) is 6.80. The normalized spacial score (nSPS) is 11.7. The molecule has 0 saturated heterocycles. The van der Waals surface area contributed by atoms with Crippen LogP contribution in [-0.4, -0.2) is 30.3 Å². The largest absolute Gasteiger partial charge is 0.459 e. The fourth-order valence-electron chi connectivity index (χ4n) is 2.17. The van der Waals surface area contributed by atoms with E-state index < -0.39 is 17.9 Å². The van der Waals surface area contributed by atoms with Gasteiger partial charge in [-0.25, -0.2) is 0 Å². The molecule has 0 aliphatic rings. The second-order valence-electron chi connectivity index (χ2n) is 5.95. The van der Waals surface area contributed by atoms with Crippen LogP contribution in [0.5, 0.6) is 0 Å². The Labute approximate surface area is 156 Å². The quantitative estimate of drug-likeness (QED) is 0.689. The number of carbonyl (C=O) groups excluding carboxylic acids is 3. The van der Waals surface area contributed by atoms with E-state index in [1.165, 1.54) is 12.3 Å². The Balaban J connectivity index is 1.87. The van der Waals surface area contributed by atoms with Crippen LogP contribution in [0, 0.1) is 5.92 Å². The van der Waals surface area contributed by atoms with Gasteiger partial charge in [-0.2, -0.15) is 0 Å². The molecule has 0 aliphatic carbocycles. The topological polar surface area (TPSA) is 100 Å². The van der Waals surface area contributed by atoms with Crippen molar-refractivity contribution < 1.29 is 18.8 Å². The van der Waals surface area contributed by atoms with Gasteiger partial charge in [-0.3, -0.25) is 14.4 Å². The minimum atomic E-state index is -0.795. The van der Waals surface area contributed by atoms with Crippen LogP contribution in [0.15, 0.2) is 47.1 Å². The van der Waals surface area contributed by atoms with Crippen LogP contribution < -0.4 is 16.0 Å². The summed E-state index contributed by atoms with van der Waals surface area (Å²) in [5.74, 6) is -1.39. The van der Waals surface area contributed by atoms with E-state index >= 15 is 0 Å². The van der Waals surface area contributed by atoms with Crippen LogP contribution in [0.25, 0.3) is 0 Å². The highest BCUT2D eigenvalue weighted by Gasteiger charge is 2.25. The molecule has 0 radical (unpaired) electrons. The number of furan rings is 1. The number of rotatable bonds is 7. The number of amides is 3. The molecule has 0 fully saturated rings. The van der Waals surface area contributed by atoms with Crippen molar-refractivity contribution in [3.8, 4) is 0 Å². The van der Waals surface area contributed by atoms with Gasteiger partial charge < -0.3 is 20.4 Å². The molecule has 7 nitrogen and oxygen atoms in total. The van der Waals surface area contributed by atoms with Gasteiger partial charge in [-0.05, 0) is 42.3 Å². The van der Waals surface area contributed by atoms with Crippen LogP contribution in [0.2, 0.25) is 5.02 Å². The molecule has 8 heteroatoms. The van der Waals surface area contributed by atoms with Crippen molar-refractivity contribution in [2.24, 2.45) is 5.92 Å². The Bertz CT molecular complexity index is 757. The fraction of sp³-hybridized carbons (Fsp3) is 0.278. The van der Waals surface area contributed by atoms with Gasteiger partial charge in [0.25, 0.3) is 5.91 Å². The molecule has 2 rings (SSSR count). The number of anilines is 1. The molecule has 138 valence electrons. The third-order valence-corrected chi connectivity index (χ3v) is 3.78. The average Bonchev–Trinajstić information content (AvgIpc) is 3.14. The van der Waals surface area contributed by atoms with E-state index in [2.05, 4.69) is 16.0 Å². The third kappa shape index (κ3) is 5.63. The summed E-state index contributed by atoms with van der Waals surface area (Å²) in [6.45, 7) is 3.36. The molecule has 1 unspecified atom stereocenters. The molecule has 3 amide bonds. The van der Waals surface area contributed by atoms with Gasteiger partial charge in [0.2, 0.25) is 11.8 Å². The molecule has 0 aliphatic heterocycles. The molecule has 3 N–H and O–H groups in total. The minimum Gasteiger partial charge on any atom is -0.459 e. The lowest BCUT2D eigenvalue weighted by atomic mass is 10.0. The zero-order valence-electron chi connectivity index (χ0n) is 14.4. The molecule has 1 aromatic carbocycles. The molecule has 1 heterocycles. The zero-order valence-corrected chi connectivity index (χ0v) is 15.2. The van der Waals surface area contributed by atoms with Crippen molar-refractivity contribution >= 4 is 35.0 Å². The summed E-state index contributed by atoms with van der Waals surface area (Å²) < 4.78 is 5.01. The van der Waals surface area contributed by atoms with Crippen LogP contribution >= 0.6 is 11.6 Å². The highest BCUT2D eigenvalue weighted by atomic mass is 35.5. The molecular weight excluding hydrogens is 358 g/mol. The highest BCUT2D eigenvalue weighted by Crippen LogP contribution is 2.13. The van der Waals surface area contributed by atoms with Crippen molar-refractivity contribution in [1.82, 2.24) is 10.6 Å². The third-order valence-electron chi connectivity index (χ3n) is 3.53. The van der Waals surface area contributed by atoms with E-state index in [1.54, 1.807) is 44.2 Å². The first kappa shape index (κ1) is 19.5. The molecular formula is C18H20ClN3O4. The average molecular weight is 378 g/mol. The van der Waals surface area contributed by atoms with Crippen molar-refractivity contribution in [3.05, 3.63) is 53.4 Å². The second kappa shape index (κ2) is 9.05. The van der Waals surface area contributed by atoms with Crippen molar-refractivity contribution in [2.75, 3.05) is 11.9 Å². The summed E-state index contributed by atoms with van der Waals surface area (Å²) in [4.78, 5) is 36.3. The minimum absolute atomic E-state index is 0.115. The van der Waals surface area contributed by atoms with E-state index in [1.807, 2.05) is 0 Å². The monoisotopic (exact) mass is 377 g/mol. The number of hydrogen-bond donors (Lipinski definition) is 3. The van der Waals surface area contributed by atoms with Crippen molar-refractivity contribution in [2.45, 2.75) is 19.9 Å². The zero-order chi connectivity index (χ0) is 19.1. The summed E-state index contributed by atoms with van der Waals surface area (Å²) in [6.07, 6.45) is 1.38. The van der Waals surface area contributed by atoms with E-state index in [4.69, 9.17) is 16.0 Å². The Morgan fingerprint density at radius 1 is 1.12 bits per heavy atom.